The molecule has 19 heavy (non-hydrogen) atoms. The molecule has 0 fully saturated rings. The standard InChI is InChI=1S/C13H20N2O3S/c1-19(17,18)8-7-15-13(16)12(10-14)9-11-5-3-2-4-6-11/h2-6,12H,7-10,14H2,1H3,(H,15,16). The first-order chi connectivity index (χ1) is 8.92. The highest BCUT2D eigenvalue weighted by Gasteiger charge is 2.17. The third-order valence-electron chi connectivity index (χ3n) is 2.75. The van der Waals surface area contributed by atoms with Crippen molar-refractivity contribution in [3.05, 3.63) is 35.9 Å². The molecular formula is C13H20N2O3S. The number of hydrogen-bond donors (Lipinski definition) is 2. The summed E-state index contributed by atoms with van der Waals surface area (Å²) in [7, 11) is -3.06. The van der Waals surface area contributed by atoms with E-state index in [9.17, 15) is 13.2 Å². The zero-order valence-electron chi connectivity index (χ0n) is 11.0. The summed E-state index contributed by atoms with van der Waals surface area (Å²) in [5.74, 6) is -0.585. The minimum absolute atomic E-state index is 0.0542. The highest BCUT2D eigenvalue weighted by molar-refractivity contribution is 7.90. The summed E-state index contributed by atoms with van der Waals surface area (Å²) in [5, 5.41) is 2.61. The fraction of sp³-hybridized carbons (Fsp3) is 0.462. The molecule has 1 aromatic rings. The smallest absolute Gasteiger partial charge is 0.224 e. The first-order valence-corrected chi connectivity index (χ1v) is 8.18. The van der Waals surface area contributed by atoms with Gasteiger partial charge in [-0.15, -0.1) is 0 Å². The third-order valence-corrected chi connectivity index (χ3v) is 3.70. The van der Waals surface area contributed by atoms with Crippen LogP contribution >= 0.6 is 0 Å². The van der Waals surface area contributed by atoms with Crippen LogP contribution in [0.2, 0.25) is 0 Å². The van der Waals surface area contributed by atoms with Gasteiger partial charge in [0.25, 0.3) is 0 Å². The van der Waals surface area contributed by atoms with E-state index >= 15 is 0 Å². The number of carbonyl (C=O) groups excluding carboxylic acids is 1. The molecule has 3 N–H and O–H groups in total. The van der Waals surface area contributed by atoms with Crippen LogP contribution in [-0.2, 0) is 21.1 Å². The number of amides is 1. The molecule has 0 saturated heterocycles. The Labute approximate surface area is 114 Å². The van der Waals surface area contributed by atoms with Gasteiger partial charge in [0.2, 0.25) is 5.91 Å². The minimum Gasteiger partial charge on any atom is -0.355 e. The summed E-state index contributed by atoms with van der Waals surface area (Å²) in [4.78, 5) is 11.9. The Kier molecular flexibility index (Phi) is 5.98. The number of carbonyl (C=O) groups is 1. The monoisotopic (exact) mass is 284 g/mol. The highest BCUT2D eigenvalue weighted by Crippen LogP contribution is 2.07. The van der Waals surface area contributed by atoms with Crippen molar-refractivity contribution < 1.29 is 13.2 Å². The lowest BCUT2D eigenvalue weighted by Crippen LogP contribution is -2.38. The van der Waals surface area contributed by atoms with Gasteiger partial charge in [0.05, 0.1) is 11.7 Å². The van der Waals surface area contributed by atoms with Gasteiger partial charge in [0, 0.05) is 19.3 Å². The molecule has 0 radical (unpaired) electrons. The molecule has 0 heterocycles. The van der Waals surface area contributed by atoms with E-state index in [0.29, 0.717) is 6.42 Å². The molecule has 0 bridgehead atoms. The Balaban J connectivity index is 2.48. The molecule has 5 nitrogen and oxygen atoms in total. The molecule has 0 aliphatic rings. The molecule has 1 unspecified atom stereocenters. The van der Waals surface area contributed by atoms with E-state index in [1.165, 1.54) is 0 Å². The van der Waals surface area contributed by atoms with E-state index in [-0.39, 0.29) is 30.7 Å². The lowest BCUT2D eigenvalue weighted by Gasteiger charge is -2.14. The first-order valence-electron chi connectivity index (χ1n) is 6.12. The molecule has 0 aliphatic heterocycles. The molecular weight excluding hydrogens is 264 g/mol. The van der Waals surface area contributed by atoms with Gasteiger partial charge in [-0.3, -0.25) is 4.79 Å². The van der Waals surface area contributed by atoms with Crippen LogP contribution in [-0.4, -0.2) is 39.4 Å². The van der Waals surface area contributed by atoms with E-state index in [1.54, 1.807) is 0 Å². The summed E-state index contributed by atoms with van der Waals surface area (Å²) in [6, 6.07) is 9.60. The van der Waals surface area contributed by atoms with Crippen LogP contribution in [0.4, 0.5) is 0 Å². The fourth-order valence-corrected chi connectivity index (χ4v) is 2.16. The maximum absolute atomic E-state index is 11.9. The Morgan fingerprint density at radius 1 is 1.32 bits per heavy atom. The van der Waals surface area contributed by atoms with Gasteiger partial charge in [-0.05, 0) is 12.0 Å². The minimum atomic E-state index is -3.06. The molecule has 1 amide bonds. The van der Waals surface area contributed by atoms with Crippen LogP contribution in [0.5, 0.6) is 0 Å². The molecule has 0 spiro atoms. The van der Waals surface area contributed by atoms with Crippen LogP contribution in [0.3, 0.4) is 0 Å². The molecule has 0 saturated carbocycles. The van der Waals surface area contributed by atoms with Gasteiger partial charge < -0.3 is 11.1 Å². The van der Waals surface area contributed by atoms with Crippen molar-refractivity contribution in [3.8, 4) is 0 Å². The van der Waals surface area contributed by atoms with E-state index in [1.807, 2.05) is 30.3 Å². The van der Waals surface area contributed by atoms with Crippen molar-refractivity contribution in [2.75, 3.05) is 25.1 Å². The Morgan fingerprint density at radius 3 is 2.47 bits per heavy atom. The van der Waals surface area contributed by atoms with Crippen LogP contribution in [0, 0.1) is 5.92 Å². The van der Waals surface area contributed by atoms with Crippen molar-refractivity contribution >= 4 is 15.7 Å². The van der Waals surface area contributed by atoms with Crippen molar-refractivity contribution in [2.45, 2.75) is 6.42 Å². The van der Waals surface area contributed by atoms with E-state index < -0.39 is 9.84 Å². The molecule has 1 rings (SSSR count). The van der Waals surface area contributed by atoms with Gasteiger partial charge in [0.15, 0.2) is 0 Å². The van der Waals surface area contributed by atoms with Gasteiger partial charge in [-0.2, -0.15) is 0 Å². The molecule has 1 aromatic carbocycles. The summed E-state index contributed by atoms with van der Waals surface area (Å²) in [6.07, 6.45) is 1.70. The van der Waals surface area contributed by atoms with Crippen LogP contribution in [0.25, 0.3) is 0 Å². The van der Waals surface area contributed by atoms with E-state index in [0.717, 1.165) is 11.8 Å². The zero-order valence-corrected chi connectivity index (χ0v) is 11.8. The van der Waals surface area contributed by atoms with Gasteiger partial charge in [-0.1, -0.05) is 30.3 Å². The number of nitrogens with one attached hydrogen (secondary N) is 1. The number of rotatable bonds is 7. The highest BCUT2D eigenvalue weighted by atomic mass is 32.2. The van der Waals surface area contributed by atoms with Crippen molar-refractivity contribution in [2.24, 2.45) is 11.7 Å². The predicted molar refractivity (Wildman–Crippen MR) is 75.4 cm³/mol. The van der Waals surface area contributed by atoms with Gasteiger partial charge >= 0.3 is 0 Å². The van der Waals surface area contributed by atoms with Crippen LogP contribution in [0.1, 0.15) is 5.56 Å². The maximum atomic E-state index is 11.9. The van der Waals surface area contributed by atoms with Crippen LogP contribution in [0.15, 0.2) is 30.3 Å². The fourth-order valence-electron chi connectivity index (χ4n) is 1.69. The van der Waals surface area contributed by atoms with Crippen molar-refractivity contribution in [3.63, 3.8) is 0 Å². The molecule has 6 heteroatoms. The summed E-state index contributed by atoms with van der Waals surface area (Å²) in [5.41, 5.74) is 6.64. The topological polar surface area (TPSA) is 89.3 Å². The van der Waals surface area contributed by atoms with Gasteiger partial charge in [0.1, 0.15) is 9.84 Å². The third kappa shape index (κ3) is 6.35. The van der Waals surface area contributed by atoms with Gasteiger partial charge in [-0.25, -0.2) is 8.42 Å². The zero-order chi connectivity index (χ0) is 14.3. The second-order valence-corrected chi connectivity index (χ2v) is 6.80. The number of sulfone groups is 1. The summed E-state index contributed by atoms with van der Waals surface area (Å²) < 4.78 is 21.9. The second-order valence-electron chi connectivity index (χ2n) is 4.54. The summed E-state index contributed by atoms with van der Waals surface area (Å²) in [6.45, 7) is 0.364. The normalized spacial score (nSPS) is 12.9. The Hall–Kier alpha value is -1.40. The second kappa shape index (κ2) is 7.25. The average Bonchev–Trinajstić information content (AvgIpc) is 2.35. The van der Waals surface area contributed by atoms with E-state index in [2.05, 4.69) is 5.32 Å². The van der Waals surface area contributed by atoms with Crippen LogP contribution < -0.4 is 11.1 Å². The van der Waals surface area contributed by atoms with Crippen molar-refractivity contribution in [1.29, 1.82) is 0 Å². The lowest BCUT2D eigenvalue weighted by molar-refractivity contribution is -0.124. The SMILES string of the molecule is CS(=O)(=O)CCNC(=O)C(CN)Cc1ccccc1. The first kappa shape index (κ1) is 15.7. The quantitative estimate of drug-likeness (QED) is 0.735. The number of nitrogens with two attached hydrogens (primary N) is 1. The lowest BCUT2D eigenvalue weighted by atomic mass is 9.99. The summed E-state index contributed by atoms with van der Waals surface area (Å²) >= 11 is 0. The molecule has 1 atom stereocenters. The largest absolute Gasteiger partial charge is 0.355 e. The number of hydrogen-bond acceptors (Lipinski definition) is 4. The average molecular weight is 284 g/mol. The van der Waals surface area contributed by atoms with E-state index in [4.69, 9.17) is 5.73 Å². The predicted octanol–water partition coefficient (Wildman–Crippen LogP) is -0.0352. The number of benzene rings is 1. The maximum Gasteiger partial charge on any atom is 0.224 e. The molecule has 106 valence electrons. The Morgan fingerprint density at radius 2 is 1.95 bits per heavy atom. The Bertz CT molecular complexity index is 500. The van der Waals surface area contributed by atoms with Crippen molar-refractivity contribution in [1.82, 2.24) is 5.32 Å². The molecule has 0 aromatic heterocycles. The molecule has 0 aliphatic carbocycles.